The van der Waals surface area contributed by atoms with Crippen LogP contribution in [0.3, 0.4) is 0 Å². The predicted molar refractivity (Wildman–Crippen MR) is 166 cm³/mol. The maximum atomic E-state index is 14.2. The highest BCUT2D eigenvalue weighted by Crippen LogP contribution is 2.28. The van der Waals surface area contributed by atoms with Crippen molar-refractivity contribution in [3.05, 3.63) is 105 Å². The van der Waals surface area contributed by atoms with E-state index in [2.05, 4.69) is 5.32 Å². The third kappa shape index (κ3) is 8.55. The highest BCUT2D eigenvalue weighted by molar-refractivity contribution is 7.92. The van der Waals surface area contributed by atoms with Crippen LogP contribution in [0.5, 0.6) is 0 Å². The third-order valence-corrected chi connectivity index (χ3v) is 8.93. The second-order valence-corrected chi connectivity index (χ2v) is 13.2. The molecule has 43 heavy (non-hydrogen) atoms. The van der Waals surface area contributed by atoms with Crippen molar-refractivity contribution >= 4 is 44.8 Å². The second kappa shape index (κ2) is 14.0. The van der Waals surface area contributed by atoms with Gasteiger partial charge in [-0.05, 0) is 48.6 Å². The van der Waals surface area contributed by atoms with E-state index in [9.17, 15) is 28.1 Å². The van der Waals surface area contributed by atoms with Gasteiger partial charge in [-0.3, -0.25) is 24.0 Å². The number of hydrogen-bond donors (Lipinski definition) is 1. The predicted octanol–water partition coefficient (Wildman–Crippen LogP) is 5.02. The first-order valence-corrected chi connectivity index (χ1v) is 16.3. The summed E-state index contributed by atoms with van der Waals surface area (Å²) in [6.45, 7) is 0.933. The maximum Gasteiger partial charge on any atom is 0.271 e. The number of hydrogen-bond acceptors (Lipinski definition) is 6. The molecular formula is C31H35ClN4O6S. The van der Waals surface area contributed by atoms with Crippen LogP contribution in [0.4, 0.5) is 11.4 Å². The number of amides is 2. The zero-order chi connectivity index (χ0) is 31.1. The van der Waals surface area contributed by atoms with Crippen LogP contribution in [-0.2, 0) is 32.6 Å². The van der Waals surface area contributed by atoms with Crippen molar-refractivity contribution in [2.75, 3.05) is 17.1 Å². The van der Waals surface area contributed by atoms with E-state index in [-0.39, 0.29) is 36.3 Å². The number of nitrogens with zero attached hydrogens (tertiary/aromatic N) is 3. The van der Waals surface area contributed by atoms with Gasteiger partial charge in [-0.2, -0.15) is 0 Å². The molecule has 1 fully saturated rings. The molecule has 2 amide bonds. The number of sulfonamides is 1. The first-order valence-electron chi connectivity index (χ1n) is 14.0. The summed E-state index contributed by atoms with van der Waals surface area (Å²) in [7, 11) is -4.07. The number of anilines is 1. The zero-order valence-electron chi connectivity index (χ0n) is 24.1. The molecule has 4 rings (SSSR count). The quantitative estimate of drug-likeness (QED) is 0.222. The smallest absolute Gasteiger partial charge is 0.271 e. The van der Waals surface area contributed by atoms with Crippen molar-refractivity contribution in [1.29, 1.82) is 0 Å². The Balaban J connectivity index is 1.76. The second-order valence-electron chi connectivity index (χ2n) is 10.8. The normalized spacial score (nSPS) is 14.2. The Morgan fingerprint density at radius 1 is 1.02 bits per heavy atom. The summed E-state index contributed by atoms with van der Waals surface area (Å²) < 4.78 is 26.9. The fourth-order valence-corrected chi connectivity index (χ4v) is 6.44. The number of nitro groups is 1. The Morgan fingerprint density at radius 3 is 2.33 bits per heavy atom. The summed E-state index contributed by atoms with van der Waals surface area (Å²) in [5, 5.41) is 15.0. The lowest BCUT2D eigenvalue weighted by atomic mass is 10.0. The number of nitro benzene ring substituents is 1. The lowest BCUT2D eigenvalue weighted by Gasteiger charge is -2.34. The van der Waals surface area contributed by atoms with Crippen molar-refractivity contribution in [2.45, 2.75) is 57.7 Å². The Bertz CT molecular complexity index is 1580. The van der Waals surface area contributed by atoms with Gasteiger partial charge in [0.1, 0.15) is 12.6 Å². The molecule has 1 atom stereocenters. The summed E-state index contributed by atoms with van der Waals surface area (Å²) in [4.78, 5) is 40.4. The average Bonchev–Trinajstić information content (AvgIpc) is 3.47. The van der Waals surface area contributed by atoms with Gasteiger partial charge in [-0.1, -0.05) is 73.0 Å². The van der Waals surface area contributed by atoms with Gasteiger partial charge >= 0.3 is 0 Å². The Hall–Kier alpha value is -3.96. The summed E-state index contributed by atoms with van der Waals surface area (Å²) in [6.07, 6.45) is 4.84. The molecule has 10 nitrogen and oxygen atoms in total. The van der Waals surface area contributed by atoms with Crippen LogP contribution >= 0.6 is 11.6 Å². The van der Waals surface area contributed by atoms with Crippen LogP contribution in [0.2, 0.25) is 5.02 Å². The molecule has 0 unspecified atom stereocenters. The molecule has 1 saturated carbocycles. The van der Waals surface area contributed by atoms with Crippen molar-refractivity contribution in [1.82, 2.24) is 10.2 Å². The molecule has 0 aromatic heterocycles. The van der Waals surface area contributed by atoms with Crippen LogP contribution in [0.1, 0.15) is 42.4 Å². The van der Waals surface area contributed by atoms with Gasteiger partial charge in [0.25, 0.3) is 5.69 Å². The first kappa shape index (κ1) is 32.0. The highest BCUT2D eigenvalue weighted by atomic mass is 35.5. The topological polar surface area (TPSA) is 130 Å². The molecule has 3 aromatic carbocycles. The van der Waals surface area contributed by atoms with E-state index >= 15 is 0 Å². The van der Waals surface area contributed by atoms with Crippen LogP contribution < -0.4 is 9.62 Å². The fraction of sp³-hybridized carbons (Fsp3) is 0.355. The molecule has 0 aliphatic heterocycles. The number of non-ortho nitro benzene ring substituents is 1. The van der Waals surface area contributed by atoms with Crippen molar-refractivity contribution in [3.63, 3.8) is 0 Å². The van der Waals surface area contributed by atoms with Gasteiger partial charge in [0.2, 0.25) is 21.8 Å². The fourth-order valence-electron chi connectivity index (χ4n) is 5.33. The monoisotopic (exact) mass is 626 g/mol. The molecule has 0 saturated heterocycles. The number of benzene rings is 3. The molecular weight excluding hydrogens is 592 g/mol. The Labute approximate surface area is 256 Å². The Morgan fingerprint density at radius 2 is 1.70 bits per heavy atom. The molecule has 0 heterocycles. The van der Waals surface area contributed by atoms with E-state index < -0.39 is 33.4 Å². The minimum Gasteiger partial charge on any atom is -0.352 e. The largest absolute Gasteiger partial charge is 0.352 e. The number of aryl methyl sites for hydroxylation is 1. The van der Waals surface area contributed by atoms with Gasteiger partial charge in [-0.25, -0.2) is 8.42 Å². The van der Waals surface area contributed by atoms with E-state index in [4.69, 9.17) is 11.6 Å². The maximum absolute atomic E-state index is 14.2. The third-order valence-electron chi connectivity index (χ3n) is 7.57. The molecule has 0 radical (unpaired) electrons. The van der Waals surface area contributed by atoms with Crippen LogP contribution in [-0.4, -0.2) is 54.9 Å². The van der Waals surface area contributed by atoms with Gasteiger partial charge < -0.3 is 10.2 Å². The molecule has 3 aromatic rings. The lowest BCUT2D eigenvalue weighted by Crippen LogP contribution is -2.54. The van der Waals surface area contributed by atoms with Crippen LogP contribution in [0.15, 0.2) is 72.8 Å². The highest BCUT2D eigenvalue weighted by Gasteiger charge is 2.35. The Kier molecular flexibility index (Phi) is 10.4. The van der Waals surface area contributed by atoms with Crippen LogP contribution in [0.25, 0.3) is 0 Å². The van der Waals surface area contributed by atoms with Crippen molar-refractivity contribution in [2.24, 2.45) is 0 Å². The van der Waals surface area contributed by atoms with Crippen molar-refractivity contribution in [3.8, 4) is 0 Å². The molecule has 1 N–H and O–H groups in total. The van der Waals surface area contributed by atoms with Gasteiger partial charge in [0.15, 0.2) is 0 Å². The molecule has 1 aliphatic rings. The van der Waals surface area contributed by atoms with Crippen LogP contribution in [0, 0.1) is 17.0 Å². The van der Waals surface area contributed by atoms with Crippen molar-refractivity contribution < 1.29 is 22.9 Å². The molecule has 0 spiro atoms. The average molecular weight is 627 g/mol. The number of halogens is 1. The van der Waals surface area contributed by atoms with E-state index in [1.807, 2.05) is 30.3 Å². The van der Waals surface area contributed by atoms with Gasteiger partial charge in [0, 0.05) is 36.2 Å². The molecule has 1 aliphatic carbocycles. The summed E-state index contributed by atoms with van der Waals surface area (Å²) in [5.74, 6) is -0.970. The van der Waals surface area contributed by atoms with E-state index in [0.29, 0.717) is 16.1 Å². The SMILES string of the molecule is Cc1ccc([N+](=O)[O-])cc1N(CC(=O)N(Cc1cccc(Cl)c1)[C@@H](Cc1ccccc1)C(=O)NC1CCCC1)S(C)(=O)=O. The molecule has 228 valence electrons. The van der Waals surface area contributed by atoms with E-state index in [0.717, 1.165) is 47.9 Å². The number of nitrogens with one attached hydrogen (secondary N) is 1. The summed E-state index contributed by atoms with van der Waals surface area (Å²) in [6, 6.07) is 19.1. The zero-order valence-corrected chi connectivity index (χ0v) is 25.7. The number of carbonyl (C=O) groups is 2. The number of carbonyl (C=O) groups excluding carboxylic acids is 2. The van der Waals surface area contributed by atoms with Gasteiger partial charge in [0.05, 0.1) is 16.9 Å². The van der Waals surface area contributed by atoms with E-state index in [1.54, 1.807) is 31.2 Å². The lowest BCUT2D eigenvalue weighted by molar-refractivity contribution is -0.384. The summed E-state index contributed by atoms with van der Waals surface area (Å²) >= 11 is 6.25. The van der Waals surface area contributed by atoms with Gasteiger partial charge in [-0.15, -0.1) is 0 Å². The van der Waals surface area contributed by atoms with E-state index in [1.165, 1.54) is 17.0 Å². The molecule has 0 bridgehead atoms. The first-order chi connectivity index (χ1) is 20.4. The molecule has 12 heteroatoms. The summed E-state index contributed by atoms with van der Waals surface area (Å²) in [5.41, 5.74) is 1.63. The minimum absolute atomic E-state index is 0.00562. The standard InChI is InChI=1S/C31H35ClN4O6S/c1-22-15-16-27(36(39)40)19-28(22)35(43(2,41)42)21-30(37)34(20-24-11-8-12-25(32)17-24)29(18-23-9-4-3-5-10-23)31(38)33-26-13-6-7-14-26/h3-5,8-12,15-17,19,26,29H,6-7,13-14,18,20-21H2,1-2H3,(H,33,38)/t29-/m0/s1. The number of rotatable bonds is 12. The minimum atomic E-state index is -4.07.